The zero-order valence-electron chi connectivity index (χ0n) is 15.5. The third-order valence-corrected chi connectivity index (χ3v) is 4.71. The van der Waals surface area contributed by atoms with E-state index in [1.54, 1.807) is 32.4 Å². The molecule has 0 atom stereocenters. The van der Waals surface area contributed by atoms with Gasteiger partial charge >= 0.3 is 0 Å². The van der Waals surface area contributed by atoms with E-state index in [0.717, 1.165) is 12.2 Å². The molecule has 0 spiro atoms. The molecule has 5 heteroatoms. The summed E-state index contributed by atoms with van der Waals surface area (Å²) in [5, 5.41) is 2.93. The predicted octanol–water partition coefficient (Wildman–Crippen LogP) is 3.94. The minimum Gasteiger partial charge on any atom is -0.493 e. The van der Waals surface area contributed by atoms with Gasteiger partial charge < -0.3 is 14.8 Å². The molecule has 1 fully saturated rings. The molecule has 2 aromatic rings. The lowest BCUT2D eigenvalue weighted by Gasteiger charge is -2.26. The van der Waals surface area contributed by atoms with Crippen molar-refractivity contribution in [2.75, 3.05) is 32.6 Å². The highest BCUT2D eigenvalue weighted by Gasteiger charge is 2.12. The van der Waals surface area contributed by atoms with Crippen molar-refractivity contribution >= 4 is 11.6 Å². The van der Waals surface area contributed by atoms with Crippen molar-refractivity contribution in [1.29, 1.82) is 0 Å². The largest absolute Gasteiger partial charge is 0.493 e. The summed E-state index contributed by atoms with van der Waals surface area (Å²) in [4.78, 5) is 15.0. The number of carbonyl (C=O) groups excluding carboxylic acids is 1. The molecule has 1 heterocycles. The fourth-order valence-corrected chi connectivity index (χ4v) is 3.25. The Morgan fingerprint density at radius 3 is 2.31 bits per heavy atom. The first-order chi connectivity index (χ1) is 12.7. The molecule has 0 aromatic heterocycles. The summed E-state index contributed by atoms with van der Waals surface area (Å²) in [5.74, 6) is 0.970. The molecule has 0 saturated carbocycles. The van der Waals surface area contributed by atoms with Crippen LogP contribution in [-0.2, 0) is 6.54 Å². The molecule has 1 amide bonds. The monoisotopic (exact) mass is 354 g/mol. The molecule has 1 saturated heterocycles. The fourth-order valence-electron chi connectivity index (χ4n) is 3.25. The highest BCUT2D eigenvalue weighted by Crippen LogP contribution is 2.28. The van der Waals surface area contributed by atoms with Crippen LogP contribution >= 0.6 is 0 Å². The van der Waals surface area contributed by atoms with Crippen LogP contribution in [0.3, 0.4) is 0 Å². The predicted molar refractivity (Wildman–Crippen MR) is 103 cm³/mol. The molecule has 138 valence electrons. The number of piperidine rings is 1. The second-order valence-electron chi connectivity index (χ2n) is 6.56. The molecular weight excluding hydrogens is 328 g/mol. The minimum absolute atomic E-state index is 0.172. The second-order valence-corrected chi connectivity index (χ2v) is 6.56. The molecule has 2 aromatic carbocycles. The van der Waals surface area contributed by atoms with Crippen molar-refractivity contribution in [2.45, 2.75) is 25.8 Å². The van der Waals surface area contributed by atoms with Gasteiger partial charge in [0.05, 0.1) is 14.2 Å². The lowest BCUT2D eigenvalue weighted by Crippen LogP contribution is -2.29. The Balaban J connectivity index is 1.62. The number of ether oxygens (including phenoxy) is 2. The van der Waals surface area contributed by atoms with Crippen molar-refractivity contribution in [3.63, 3.8) is 0 Å². The van der Waals surface area contributed by atoms with E-state index in [4.69, 9.17) is 9.47 Å². The third kappa shape index (κ3) is 4.55. The van der Waals surface area contributed by atoms with Crippen molar-refractivity contribution in [1.82, 2.24) is 4.90 Å². The second kappa shape index (κ2) is 8.72. The maximum atomic E-state index is 12.5. The molecule has 3 rings (SSSR count). The van der Waals surface area contributed by atoms with Crippen LogP contribution in [0.15, 0.2) is 42.5 Å². The normalized spacial score (nSPS) is 14.7. The molecular formula is C21H26N2O3. The van der Waals surface area contributed by atoms with Crippen molar-refractivity contribution in [3.8, 4) is 11.5 Å². The zero-order chi connectivity index (χ0) is 18.4. The summed E-state index contributed by atoms with van der Waals surface area (Å²) in [7, 11) is 3.13. The summed E-state index contributed by atoms with van der Waals surface area (Å²) < 4.78 is 10.5. The van der Waals surface area contributed by atoms with Gasteiger partial charge in [0, 0.05) is 17.8 Å². The molecule has 0 radical (unpaired) electrons. The summed E-state index contributed by atoms with van der Waals surface area (Å²) in [6.07, 6.45) is 3.93. The first kappa shape index (κ1) is 18.3. The number of methoxy groups -OCH3 is 2. The summed E-state index contributed by atoms with van der Waals surface area (Å²) in [6, 6.07) is 13.2. The number of benzene rings is 2. The number of nitrogens with zero attached hydrogens (tertiary/aromatic N) is 1. The maximum Gasteiger partial charge on any atom is 0.255 e. The van der Waals surface area contributed by atoms with Gasteiger partial charge in [0.25, 0.3) is 5.91 Å². The van der Waals surface area contributed by atoms with Crippen LogP contribution in [0.5, 0.6) is 11.5 Å². The van der Waals surface area contributed by atoms with E-state index in [9.17, 15) is 4.79 Å². The average molecular weight is 354 g/mol. The van der Waals surface area contributed by atoms with Gasteiger partial charge in [0.15, 0.2) is 11.5 Å². The molecule has 1 aliphatic rings. The zero-order valence-corrected chi connectivity index (χ0v) is 15.5. The SMILES string of the molecule is COc1ccc(C(=O)Nc2ccc(CN3CCCCC3)cc2)cc1OC. The lowest BCUT2D eigenvalue weighted by atomic mass is 10.1. The Bertz CT molecular complexity index is 737. The van der Waals surface area contributed by atoms with E-state index in [0.29, 0.717) is 17.1 Å². The quantitative estimate of drug-likeness (QED) is 0.854. The number of anilines is 1. The van der Waals surface area contributed by atoms with E-state index < -0.39 is 0 Å². The van der Waals surface area contributed by atoms with Crippen molar-refractivity contribution in [2.24, 2.45) is 0 Å². The van der Waals surface area contributed by atoms with Gasteiger partial charge in [-0.1, -0.05) is 18.6 Å². The van der Waals surface area contributed by atoms with Crippen LogP contribution < -0.4 is 14.8 Å². The number of likely N-dealkylation sites (tertiary alicyclic amines) is 1. The van der Waals surface area contributed by atoms with Crippen LogP contribution in [0, 0.1) is 0 Å². The van der Waals surface area contributed by atoms with Gasteiger partial charge in [-0.15, -0.1) is 0 Å². The van der Waals surface area contributed by atoms with Crippen LogP contribution in [0.2, 0.25) is 0 Å². The summed E-state index contributed by atoms with van der Waals surface area (Å²) in [6.45, 7) is 3.33. The number of hydrogen-bond donors (Lipinski definition) is 1. The topological polar surface area (TPSA) is 50.8 Å². The molecule has 5 nitrogen and oxygen atoms in total. The van der Waals surface area contributed by atoms with Gasteiger partial charge in [-0.05, 0) is 61.8 Å². The van der Waals surface area contributed by atoms with E-state index in [-0.39, 0.29) is 5.91 Å². The smallest absolute Gasteiger partial charge is 0.255 e. The highest BCUT2D eigenvalue weighted by atomic mass is 16.5. The number of carbonyl (C=O) groups is 1. The summed E-state index contributed by atoms with van der Waals surface area (Å²) in [5.41, 5.74) is 2.59. The van der Waals surface area contributed by atoms with Crippen molar-refractivity contribution in [3.05, 3.63) is 53.6 Å². The van der Waals surface area contributed by atoms with Gasteiger partial charge in [-0.25, -0.2) is 0 Å². The third-order valence-electron chi connectivity index (χ3n) is 4.71. The average Bonchev–Trinajstić information content (AvgIpc) is 2.69. The molecule has 0 unspecified atom stereocenters. The lowest BCUT2D eigenvalue weighted by molar-refractivity contribution is 0.102. The van der Waals surface area contributed by atoms with Gasteiger partial charge in [-0.2, -0.15) is 0 Å². The maximum absolute atomic E-state index is 12.5. The van der Waals surface area contributed by atoms with E-state index in [1.807, 2.05) is 12.1 Å². The minimum atomic E-state index is -0.172. The van der Waals surface area contributed by atoms with Gasteiger partial charge in [0.2, 0.25) is 0 Å². The number of nitrogens with one attached hydrogen (secondary N) is 1. The number of hydrogen-bond acceptors (Lipinski definition) is 4. The Morgan fingerprint density at radius 1 is 0.962 bits per heavy atom. The van der Waals surface area contributed by atoms with E-state index in [1.165, 1.54) is 37.9 Å². The van der Waals surface area contributed by atoms with Crippen LogP contribution in [-0.4, -0.2) is 38.1 Å². The first-order valence-corrected chi connectivity index (χ1v) is 9.04. The van der Waals surface area contributed by atoms with E-state index in [2.05, 4.69) is 22.3 Å². The standard InChI is InChI=1S/C21H26N2O3/c1-25-19-11-8-17(14-20(19)26-2)21(24)22-18-9-6-16(7-10-18)15-23-12-4-3-5-13-23/h6-11,14H,3-5,12-13,15H2,1-2H3,(H,22,24). The Labute approximate surface area is 154 Å². The van der Waals surface area contributed by atoms with Crippen LogP contribution in [0.25, 0.3) is 0 Å². The number of amides is 1. The fraction of sp³-hybridized carbons (Fsp3) is 0.381. The Morgan fingerprint density at radius 2 is 1.65 bits per heavy atom. The summed E-state index contributed by atoms with van der Waals surface area (Å²) >= 11 is 0. The van der Waals surface area contributed by atoms with Crippen LogP contribution in [0.4, 0.5) is 5.69 Å². The molecule has 0 bridgehead atoms. The molecule has 1 aliphatic heterocycles. The van der Waals surface area contributed by atoms with Crippen molar-refractivity contribution < 1.29 is 14.3 Å². The van der Waals surface area contributed by atoms with E-state index >= 15 is 0 Å². The molecule has 0 aliphatic carbocycles. The van der Waals surface area contributed by atoms with Gasteiger partial charge in [0.1, 0.15) is 0 Å². The van der Waals surface area contributed by atoms with Gasteiger partial charge in [-0.3, -0.25) is 9.69 Å². The Kier molecular flexibility index (Phi) is 6.12. The first-order valence-electron chi connectivity index (χ1n) is 9.04. The highest BCUT2D eigenvalue weighted by molar-refractivity contribution is 6.04. The molecule has 26 heavy (non-hydrogen) atoms. The molecule has 1 N–H and O–H groups in total. The Hall–Kier alpha value is -2.53. The number of rotatable bonds is 6. The van der Waals surface area contributed by atoms with Crippen LogP contribution in [0.1, 0.15) is 35.2 Å².